The van der Waals surface area contributed by atoms with Gasteiger partial charge in [-0.05, 0) is 30.3 Å². The van der Waals surface area contributed by atoms with Crippen molar-refractivity contribution < 1.29 is 4.92 Å². The average Bonchev–Trinajstić information content (AvgIpc) is 2.38. The number of nitro groups is 1. The van der Waals surface area contributed by atoms with E-state index in [1.807, 2.05) is 6.07 Å². The van der Waals surface area contributed by atoms with Crippen LogP contribution in [0.3, 0.4) is 0 Å². The lowest BCUT2D eigenvalue weighted by Crippen LogP contribution is -2.03. The topological polar surface area (TPSA) is 55.2 Å². The highest BCUT2D eigenvalue weighted by Gasteiger charge is 2.14. The molecule has 0 bridgehead atoms. The summed E-state index contributed by atoms with van der Waals surface area (Å²) in [6.45, 7) is 0.287. The molecule has 20 heavy (non-hydrogen) atoms. The highest BCUT2D eigenvalue weighted by Crippen LogP contribution is 2.28. The Bertz CT molecular complexity index is 665. The van der Waals surface area contributed by atoms with Crippen molar-refractivity contribution in [1.82, 2.24) is 0 Å². The van der Waals surface area contributed by atoms with E-state index < -0.39 is 4.92 Å². The summed E-state index contributed by atoms with van der Waals surface area (Å²) in [6, 6.07) is 9.97. The minimum Gasteiger partial charge on any atom is -0.379 e. The summed E-state index contributed by atoms with van der Waals surface area (Å²) >= 11 is 15.2. The van der Waals surface area contributed by atoms with Gasteiger partial charge in [0.15, 0.2) is 0 Å². The predicted molar refractivity (Wildman–Crippen MR) is 84.6 cm³/mol. The lowest BCUT2D eigenvalue weighted by molar-refractivity contribution is -0.385. The number of nitrogens with zero attached hydrogens (tertiary/aromatic N) is 1. The third-order valence-electron chi connectivity index (χ3n) is 2.64. The Morgan fingerprint density at radius 3 is 2.60 bits per heavy atom. The summed E-state index contributed by atoms with van der Waals surface area (Å²) in [6.07, 6.45) is 0. The number of nitro benzene ring substituents is 1. The molecule has 2 aromatic carbocycles. The third-order valence-corrected chi connectivity index (χ3v) is 3.69. The Kier molecular flexibility index (Phi) is 4.86. The van der Waals surface area contributed by atoms with E-state index in [4.69, 9.17) is 23.2 Å². The molecule has 0 unspecified atom stereocenters. The van der Waals surface area contributed by atoms with E-state index >= 15 is 0 Å². The zero-order chi connectivity index (χ0) is 14.7. The number of rotatable bonds is 4. The van der Waals surface area contributed by atoms with Gasteiger partial charge in [-0.25, -0.2) is 0 Å². The molecule has 104 valence electrons. The van der Waals surface area contributed by atoms with Crippen LogP contribution in [-0.4, -0.2) is 4.92 Å². The first-order valence-corrected chi connectivity index (χ1v) is 7.14. The fraction of sp³-hybridized carbons (Fsp3) is 0.0769. The summed E-state index contributed by atoms with van der Waals surface area (Å²) in [5.74, 6) is 0. The lowest BCUT2D eigenvalue weighted by Gasteiger charge is -2.09. The highest BCUT2D eigenvalue weighted by atomic mass is 79.9. The largest absolute Gasteiger partial charge is 0.379 e. The molecule has 0 aliphatic carbocycles. The van der Waals surface area contributed by atoms with Crippen molar-refractivity contribution in [3.8, 4) is 0 Å². The Hall–Kier alpha value is -1.30. The molecule has 0 amide bonds. The fourth-order valence-electron chi connectivity index (χ4n) is 1.68. The maximum atomic E-state index is 11.0. The monoisotopic (exact) mass is 374 g/mol. The summed E-state index contributed by atoms with van der Waals surface area (Å²) in [5, 5.41) is 14.9. The van der Waals surface area contributed by atoms with Gasteiger partial charge in [-0.1, -0.05) is 39.1 Å². The molecule has 0 saturated carbocycles. The van der Waals surface area contributed by atoms with Crippen molar-refractivity contribution in [2.45, 2.75) is 6.54 Å². The van der Waals surface area contributed by atoms with Crippen molar-refractivity contribution in [3.63, 3.8) is 0 Å². The molecular weight excluding hydrogens is 367 g/mol. The third kappa shape index (κ3) is 3.62. The molecule has 0 radical (unpaired) electrons. The number of anilines is 1. The molecule has 0 spiro atoms. The SMILES string of the molecule is O=[N+]([O-])c1cc(Cl)ccc1CNc1ccc(Br)cc1Cl. The minimum atomic E-state index is -0.452. The minimum absolute atomic E-state index is 0.0155. The van der Waals surface area contributed by atoms with Gasteiger partial charge in [0.25, 0.3) is 5.69 Å². The number of halogens is 3. The van der Waals surface area contributed by atoms with E-state index in [2.05, 4.69) is 21.2 Å². The molecule has 0 fully saturated rings. The zero-order valence-corrected chi connectivity index (χ0v) is 13.2. The molecule has 0 aliphatic heterocycles. The molecule has 2 aromatic rings. The lowest BCUT2D eigenvalue weighted by atomic mass is 10.1. The molecule has 0 heterocycles. The van der Waals surface area contributed by atoms with Crippen LogP contribution in [0.5, 0.6) is 0 Å². The van der Waals surface area contributed by atoms with E-state index in [1.165, 1.54) is 6.07 Å². The molecule has 1 N–H and O–H groups in total. The van der Waals surface area contributed by atoms with Gasteiger partial charge in [-0.2, -0.15) is 0 Å². The van der Waals surface area contributed by atoms with E-state index in [9.17, 15) is 10.1 Å². The van der Waals surface area contributed by atoms with Gasteiger partial charge in [0.1, 0.15) is 0 Å². The van der Waals surface area contributed by atoms with Gasteiger partial charge in [-0.3, -0.25) is 10.1 Å². The number of hydrogen-bond acceptors (Lipinski definition) is 3. The van der Waals surface area contributed by atoms with Crippen LogP contribution in [0.15, 0.2) is 40.9 Å². The Morgan fingerprint density at radius 1 is 1.20 bits per heavy atom. The maximum absolute atomic E-state index is 11.0. The first kappa shape index (κ1) is 15.1. The van der Waals surface area contributed by atoms with E-state index in [0.717, 1.165) is 4.47 Å². The standard InChI is InChI=1S/C13H9BrCl2N2O2/c14-9-2-4-12(11(16)5-9)17-7-8-1-3-10(15)6-13(8)18(19)20/h1-6,17H,7H2. The second-order valence-corrected chi connectivity index (χ2v) is 5.77. The summed E-state index contributed by atoms with van der Waals surface area (Å²) in [5.41, 5.74) is 1.23. The number of nitrogens with one attached hydrogen (secondary N) is 1. The normalized spacial score (nSPS) is 10.3. The van der Waals surface area contributed by atoms with Crippen LogP contribution in [0.1, 0.15) is 5.56 Å². The molecule has 0 saturated heterocycles. The fourth-order valence-corrected chi connectivity index (χ4v) is 2.59. The van der Waals surface area contributed by atoms with Gasteiger partial charge in [-0.15, -0.1) is 0 Å². The van der Waals surface area contributed by atoms with Gasteiger partial charge in [0.2, 0.25) is 0 Å². The van der Waals surface area contributed by atoms with E-state index in [0.29, 0.717) is 21.3 Å². The first-order valence-electron chi connectivity index (χ1n) is 5.59. The van der Waals surface area contributed by atoms with Crippen LogP contribution in [-0.2, 0) is 6.54 Å². The maximum Gasteiger partial charge on any atom is 0.275 e. The summed E-state index contributed by atoms with van der Waals surface area (Å²) in [4.78, 5) is 10.5. The Morgan fingerprint density at radius 2 is 1.95 bits per heavy atom. The van der Waals surface area contributed by atoms with Crippen LogP contribution in [0.25, 0.3) is 0 Å². The molecule has 2 rings (SSSR count). The molecule has 0 aromatic heterocycles. The van der Waals surface area contributed by atoms with Crippen molar-refractivity contribution in [2.24, 2.45) is 0 Å². The second kappa shape index (κ2) is 6.43. The smallest absolute Gasteiger partial charge is 0.275 e. The number of hydrogen-bond donors (Lipinski definition) is 1. The molecule has 7 heteroatoms. The van der Waals surface area contributed by atoms with Gasteiger partial charge in [0, 0.05) is 27.7 Å². The van der Waals surface area contributed by atoms with Gasteiger partial charge < -0.3 is 5.32 Å². The number of benzene rings is 2. The van der Waals surface area contributed by atoms with E-state index in [-0.39, 0.29) is 12.2 Å². The second-order valence-electron chi connectivity index (χ2n) is 4.01. The van der Waals surface area contributed by atoms with Crippen LogP contribution in [0.2, 0.25) is 10.0 Å². The van der Waals surface area contributed by atoms with Gasteiger partial charge in [0.05, 0.1) is 15.6 Å². The zero-order valence-electron chi connectivity index (χ0n) is 10.1. The van der Waals surface area contributed by atoms with Crippen molar-refractivity contribution in [2.75, 3.05) is 5.32 Å². The average molecular weight is 376 g/mol. The van der Waals surface area contributed by atoms with Crippen LogP contribution >= 0.6 is 39.1 Å². The van der Waals surface area contributed by atoms with Crippen LogP contribution in [0.4, 0.5) is 11.4 Å². The van der Waals surface area contributed by atoms with Crippen molar-refractivity contribution in [3.05, 3.63) is 66.6 Å². The summed E-state index contributed by atoms with van der Waals surface area (Å²) in [7, 11) is 0. The Balaban J connectivity index is 2.20. The quantitative estimate of drug-likeness (QED) is 0.584. The molecule has 0 atom stereocenters. The Labute approximate surface area is 134 Å². The van der Waals surface area contributed by atoms with Crippen LogP contribution in [0, 0.1) is 10.1 Å². The van der Waals surface area contributed by atoms with Gasteiger partial charge >= 0.3 is 0 Å². The van der Waals surface area contributed by atoms with Crippen molar-refractivity contribution >= 4 is 50.5 Å². The molecular formula is C13H9BrCl2N2O2. The molecule has 4 nitrogen and oxygen atoms in total. The van der Waals surface area contributed by atoms with E-state index in [1.54, 1.807) is 24.3 Å². The highest BCUT2D eigenvalue weighted by molar-refractivity contribution is 9.10. The molecule has 0 aliphatic rings. The van der Waals surface area contributed by atoms with Crippen molar-refractivity contribution in [1.29, 1.82) is 0 Å². The predicted octanol–water partition coefficient (Wildman–Crippen LogP) is 5.28. The van der Waals surface area contributed by atoms with Crippen LogP contribution < -0.4 is 5.32 Å². The first-order chi connectivity index (χ1) is 9.47. The summed E-state index contributed by atoms with van der Waals surface area (Å²) < 4.78 is 0.866.